The van der Waals surface area contributed by atoms with Crippen LogP contribution in [0.1, 0.15) is 41.4 Å². The van der Waals surface area contributed by atoms with Crippen molar-refractivity contribution in [3.8, 4) is 11.4 Å². The highest BCUT2D eigenvalue weighted by molar-refractivity contribution is 6.17. The van der Waals surface area contributed by atoms with Crippen molar-refractivity contribution in [1.29, 1.82) is 0 Å². The zero-order valence-corrected chi connectivity index (χ0v) is 19.2. The second kappa shape index (κ2) is 10.4. The third-order valence-electron chi connectivity index (χ3n) is 5.12. The molecule has 4 rings (SSSR count). The number of aromatic nitrogens is 4. The van der Waals surface area contributed by atoms with Gasteiger partial charge in [-0.1, -0.05) is 18.2 Å². The highest BCUT2D eigenvalue weighted by Gasteiger charge is 2.13. The van der Waals surface area contributed by atoms with Crippen LogP contribution in [0.5, 0.6) is 5.75 Å². The maximum Gasteiger partial charge on any atom is 0.243 e. The van der Waals surface area contributed by atoms with E-state index in [0.29, 0.717) is 30.5 Å². The summed E-state index contributed by atoms with van der Waals surface area (Å²) in [4.78, 5) is 4.29. The first-order chi connectivity index (χ1) is 16.1. The monoisotopic (exact) mass is 466 g/mol. The Bertz CT molecular complexity index is 1250. The molecule has 2 aromatic heterocycles. The van der Waals surface area contributed by atoms with Gasteiger partial charge in [0, 0.05) is 17.6 Å². The van der Waals surface area contributed by atoms with Gasteiger partial charge in [-0.25, -0.2) is 9.37 Å². The summed E-state index contributed by atoms with van der Waals surface area (Å²) in [6.45, 7) is 1.94. The Hall–Kier alpha value is -3.45. The molecule has 0 aliphatic carbocycles. The lowest BCUT2D eigenvalue weighted by Crippen LogP contribution is -1.96. The summed E-state index contributed by atoms with van der Waals surface area (Å²) in [5.41, 5.74) is 4.55. The van der Waals surface area contributed by atoms with Crippen LogP contribution in [-0.4, -0.2) is 32.7 Å². The number of alkyl halides is 1. The van der Waals surface area contributed by atoms with Crippen LogP contribution in [0.25, 0.3) is 17.3 Å². The van der Waals surface area contributed by atoms with Crippen molar-refractivity contribution in [1.82, 2.24) is 19.7 Å². The molecule has 0 radical (unpaired) electrons. The molecule has 0 saturated carbocycles. The average molecular weight is 467 g/mol. The van der Waals surface area contributed by atoms with Crippen molar-refractivity contribution >= 4 is 23.3 Å². The van der Waals surface area contributed by atoms with Gasteiger partial charge in [0.05, 0.1) is 31.2 Å². The van der Waals surface area contributed by atoms with E-state index < -0.39 is 0 Å². The van der Waals surface area contributed by atoms with Gasteiger partial charge < -0.3 is 13.7 Å². The number of rotatable bonds is 9. The van der Waals surface area contributed by atoms with Crippen molar-refractivity contribution in [2.75, 3.05) is 13.0 Å². The predicted octanol–water partition coefficient (Wildman–Crippen LogP) is 5.86. The van der Waals surface area contributed by atoms with Gasteiger partial charge in [-0.05, 0) is 61.2 Å². The van der Waals surface area contributed by atoms with E-state index >= 15 is 0 Å². The molecule has 0 saturated heterocycles. The number of methoxy groups -OCH3 is 1. The van der Waals surface area contributed by atoms with Crippen LogP contribution in [0.4, 0.5) is 4.39 Å². The molecule has 4 aromatic rings. The molecule has 6 nitrogen and oxygen atoms in total. The topological polar surface area (TPSA) is 66.0 Å². The Morgan fingerprint density at radius 1 is 1.18 bits per heavy atom. The second-order valence-electron chi connectivity index (χ2n) is 7.62. The Morgan fingerprint density at radius 2 is 2.00 bits per heavy atom. The van der Waals surface area contributed by atoms with Crippen molar-refractivity contribution in [2.24, 2.45) is 0 Å². The van der Waals surface area contributed by atoms with Gasteiger partial charge in [0.1, 0.15) is 11.6 Å². The summed E-state index contributed by atoms with van der Waals surface area (Å²) in [5.74, 6) is 1.89. The van der Waals surface area contributed by atoms with Gasteiger partial charge in [0.15, 0.2) is 0 Å². The molecule has 0 amide bonds. The quantitative estimate of drug-likeness (QED) is 0.289. The van der Waals surface area contributed by atoms with E-state index in [1.165, 1.54) is 12.1 Å². The lowest BCUT2D eigenvalue weighted by atomic mass is 10.1. The van der Waals surface area contributed by atoms with Gasteiger partial charge in [-0.2, -0.15) is 0 Å². The Labute approximate surface area is 196 Å². The minimum atomic E-state index is -0.277. The van der Waals surface area contributed by atoms with Crippen molar-refractivity contribution in [3.63, 3.8) is 0 Å². The van der Waals surface area contributed by atoms with Crippen molar-refractivity contribution < 1.29 is 13.5 Å². The van der Waals surface area contributed by atoms with E-state index in [4.69, 9.17) is 20.8 Å². The summed E-state index contributed by atoms with van der Waals surface area (Å²) in [6.07, 6.45) is 7.60. The van der Waals surface area contributed by atoms with Gasteiger partial charge in [0.2, 0.25) is 11.8 Å². The molecule has 8 heteroatoms. The second-order valence-corrected chi connectivity index (χ2v) is 8.00. The molecule has 0 bridgehead atoms. The lowest BCUT2D eigenvalue weighted by Gasteiger charge is -2.10. The van der Waals surface area contributed by atoms with Crippen LogP contribution in [0.3, 0.4) is 0 Å². The minimum absolute atomic E-state index is 0.277. The third kappa shape index (κ3) is 5.68. The summed E-state index contributed by atoms with van der Waals surface area (Å²) in [5, 5.41) is 8.42. The smallest absolute Gasteiger partial charge is 0.243 e. The average Bonchev–Trinajstić information content (AvgIpc) is 3.47. The number of aryl methyl sites for hydroxylation is 1. The number of nitrogens with zero attached hydrogens (tertiary/aromatic N) is 4. The number of hydrogen-bond acceptors (Lipinski definition) is 5. The molecule has 2 heterocycles. The number of halogens is 2. The van der Waals surface area contributed by atoms with Gasteiger partial charge in [-0.15, -0.1) is 21.8 Å². The van der Waals surface area contributed by atoms with E-state index in [1.807, 2.05) is 42.0 Å². The number of imidazole rings is 1. The first kappa shape index (κ1) is 22.7. The Kier molecular flexibility index (Phi) is 7.19. The van der Waals surface area contributed by atoms with Crippen LogP contribution in [0, 0.1) is 12.7 Å². The van der Waals surface area contributed by atoms with Crippen molar-refractivity contribution in [2.45, 2.75) is 26.2 Å². The largest absolute Gasteiger partial charge is 0.495 e. The molecule has 0 aliphatic rings. The first-order valence-electron chi connectivity index (χ1n) is 10.6. The number of benzene rings is 2. The molecule has 170 valence electrons. The van der Waals surface area contributed by atoms with E-state index in [-0.39, 0.29) is 5.82 Å². The fourth-order valence-electron chi connectivity index (χ4n) is 3.48. The fourth-order valence-corrected chi connectivity index (χ4v) is 3.61. The summed E-state index contributed by atoms with van der Waals surface area (Å²) in [6, 6.07) is 12.2. The highest BCUT2D eigenvalue weighted by atomic mass is 35.5. The summed E-state index contributed by atoms with van der Waals surface area (Å²) in [7, 11) is 1.64. The summed E-state index contributed by atoms with van der Waals surface area (Å²) >= 11 is 5.95. The standard InChI is InChI=1S/C25H24ClFN4O2/c1-17-15-31(16-28-17)22-10-7-19(13-23(22)32-2)12-20(4-3-11-26)25-30-29-24(33-25)14-18-5-8-21(27)9-6-18/h5-10,12-13,15-16H,3-4,11,14H2,1-2H3/b20-12+. The van der Waals surface area contributed by atoms with Crippen molar-refractivity contribution in [3.05, 3.63) is 89.4 Å². The zero-order chi connectivity index (χ0) is 23.2. The molecule has 0 fully saturated rings. The number of hydrogen-bond donors (Lipinski definition) is 0. The fraction of sp³-hybridized carbons (Fsp3) is 0.240. The van der Waals surface area contributed by atoms with Gasteiger partial charge >= 0.3 is 0 Å². The normalized spacial score (nSPS) is 11.7. The molecule has 0 aliphatic heterocycles. The Balaban J connectivity index is 1.61. The highest BCUT2D eigenvalue weighted by Crippen LogP contribution is 2.28. The maximum atomic E-state index is 13.2. The van der Waals surface area contributed by atoms with Crippen LogP contribution in [0.15, 0.2) is 59.4 Å². The Morgan fingerprint density at radius 3 is 2.70 bits per heavy atom. The maximum absolute atomic E-state index is 13.2. The molecule has 0 atom stereocenters. The molecular weight excluding hydrogens is 443 g/mol. The number of allylic oxidation sites excluding steroid dienone is 1. The summed E-state index contributed by atoms with van der Waals surface area (Å²) < 4.78 is 26.6. The van der Waals surface area contributed by atoms with Crippen LogP contribution in [-0.2, 0) is 6.42 Å². The first-order valence-corrected chi connectivity index (χ1v) is 11.1. The molecule has 0 N–H and O–H groups in total. The van der Waals surface area contributed by atoms with Crippen LogP contribution < -0.4 is 4.74 Å². The SMILES string of the molecule is COc1cc(/C=C(\CCCCl)c2nnc(Cc3ccc(F)cc3)o2)ccc1-n1cnc(C)c1. The van der Waals surface area contributed by atoms with Gasteiger partial charge in [-0.3, -0.25) is 0 Å². The lowest BCUT2D eigenvalue weighted by molar-refractivity contribution is 0.413. The third-order valence-corrected chi connectivity index (χ3v) is 5.39. The van der Waals surface area contributed by atoms with Crippen LogP contribution in [0.2, 0.25) is 0 Å². The van der Waals surface area contributed by atoms with Crippen LogP contribution >= 0.6 is 11.6 Å². The van der Waals surface area contributed by atoms with E-state index in [1.54, 1.807) is 25.6 Å². The molecular formula is C25H24ClFN4O2. The van der Waals surface area contributed by atoms with E-state index in [0.717, 1.165) is 40.3 Å². The van der Waals surface area contributed by atoms with E-state index in [9.17, 15) is 4.39 Å². The number of ether oxygens (including phenoxy) is 1. The zero-order valence-electron chi connectivity index (χ0n) is 18.5. The molecule has 0 unspecified atom stereocenters. The van der Waals surface area contributed by atoms with Gasteiger partial charge in [0.25, 0.3) is 0 Å². The predicted molar refractivity (Wildman–Crippen MR) is 126 cm³/mol. The minimum Gasteiger partial charge on any atom is -0.495 e. The van der Waals surface area contributed by atoms with E-state index in [2.05, 4.69) is 15.2 Å². The molecule has 33 heavy (non-hydrogen) atoms. The molecule has 2 aromatic carbocycles. The molecule has 0 spiro atoms.